The molecule has 0 aliphatic carbocycles. The number of nitrogens with one attached hydrogen (secondary N) is 1. The molecule has 0 fully saturated rings. The Morgan fingerprint density at radius 1 is 1.10 bits per heavy atom. The van der Waals surface area contributed by atoms with Crippen LogP contribution in [0.2, 0.25) is 5.02 Å². The van der Waals surface area contributed by atoms with Crippen molar-refractivity contribution >= 4 is 34.2 Å². The van der Waals surface area contributed by atoms with E-state index in [2.05, 4.69) is 15.5 Å². The third-order valence-electron chi connectivity index (χ3n) is 4.53. The molecule has 0 saturated heterocycles. The lowest BCUT2D eigenvalue weighted by Crippen LogP contribution is -2.13. The number of fused-ring (bicyclic) bond motifs is 1. The number of hydrogen-bond acceptors (Lipinski definition) is 4. The number of ether oxygens (including phenoxy) is 1. The summed E-state index contributed by atoms with van der Waals surface area (Å²) in [5.41, 5.74) is 3.77. The van der Waals surface area contributed by atoms with Crippen LogP contribution in [0.5, 0.6) is 5.75 Å². The Morgan fingerprint density at radius 3 is 2.47 bits per heavy atom. The number of hydrogen-bond donors (Lipinski definition) is 1. The minimum atomic E-state index is -0.328. The normalized spacial score (nSPS) is 10.9. The van der Waals surface area contributed by atoms with Crippen molar-refractivity contribution in [1.29, 1.82) is 0 Å². The van der Waals surface area contributed by atoms with Gasteiger partial charge in [-0.25, -0.2) is 4.39 Å². The second-order valence-electron chi connectivity index (χ2n) is 6.65. The van der Waals surface area contributed by atoms with Crippen molar-refractivity contribution in [3.63, 3.8) is 0 Å². The van der Waals surface area contributed by atoms with Gasteiger partial charge in [0.15, 0.2) is 0 Å². The lowest BCUT2D eigenvalue weighted by atomic mass is 10.1. The average Bonchev–Trinajstić information content (AvgIpc) is 3.13. The van der Waals surface area contributed by atoms with E-state index in [-0.39, 0.29) is 11.7 Å². The van der Waals surface area contributed by atoms with Crippen LogP contribution in [0.1, 0.15) is 22.8 Å². The van der Waals surface area contributed by atoms with Gasteiger partial charge in [-0.1, -0.05) is 11.6 Å². The van der Waals surface area contributed by atoms with Crippen LogP contribution < -0.4 is 10.1 Å². The molecule has 0 radical (unpaired) electrons. The number of benzene rings is 3. The molecule has 1 N–H and O–H groups in total. The zero-order valence-electron chi connectivity index (χ0n) is 16.3. The smallest absolute Gasteiger partial charge is 0.255 e. The van der Waals surface area contributed by atoms with E-state index in [0.717, 1.165) is 5.56 Å². The molecule has 0 spiro atoms. The molecule has 30 heavy (non-hydrogen) atoms. The molecule has 0 atom stereocenters. The van der Waals surface area contributed by atoms with Gasteiger partial charge in [0.25, 0.3) is 5.91 Å². The van der Waals surface area contributed by atoms with Crippen molar-refractivity contribution in [1.82, 2.24) is 15.0 Å². The van der Waals surface area contributed by atoms with Gasteiger partial charge in [0.2, 0.25) is 0 Å². The second-order valence-corrected chi connectivity index (χ2v) is 7.06. The highest BCUT2D eigenvalue weighted by Crippen LogP contribution is 2.27. The minimum Gasteiger partial charge on any atom is -0.492 e. The van der Waals surface area contributed by atoms with E-state index in [1.807, 2.05) is 19.9 Å². The summed E-state index contributed by atoms with van der Waals surface area (Å²) in [6.45, 7) is 4.22. The molecule has 0 unspecified atom stereocenters. The Kier molecular flexibility index (Phi) is 5.37. The molecule has 3 aromatic carbocycles. The number of carbonyl (C=O) groups excluding carboxylic acids is 1. The summed E-state index contributed by atoms with van der Waals surface area (Å²) >= 11 is 6.19. The largest absolute Gasteiger partial charge is 0.492 e. The fraction of sp³-hybridized carbons (Fsp3) is 0.136. The van der Waals surface area contributed by atoms with Gasteiger partial charge in [-0.2, -0.15) is 4.80 Å². The zero-order valence-corrected chi connectivity index (χ0v) is 17.1. The molecule has 0 aliphatic rings. The fourth-order valence-electron chi connectivity index (χ4n) is 3.00. The van der Waals surface area contributed by atoms with Gasteiger partial charge in [0.05, 0.1) is 17.3 Å². The maximum Gasteiger partial charge on any atom is 0.255 e. The first-order valence-corrected chi connectivity index (χ1v) is 9.69. The SMILES string of the molecule is CCOc1ccc(C(=O)Nc2cc3nn(-c4ccc(F)cc4)nc3cc2C)cc1Cl. The third kappa shape index (κ3) is 3.97. The van der Waals surface area contributed by atoms with Crippen molar-refractivity contribution in [2.75, 3.05) is 11.9 Å². The first-order chi connectivity index (χ1) is 14.4. The van der Waals surface area contributed by atoms with Crippen molar-refractivity contribution in [2.45, 2.75) is 13.8 Å². The van der Waals surface area contributed by atoms with Gasteiger partial charge in [-0.05, 0) is 74.0 Å². The third-order valence-corrected chi connectivity index (χ3v) is 4.82. The maximum absolute atomic E-state index is 13.2. The highest BCUT2D eigenvalue weighted by atomic mass is 35.5. The predicted molar refractivity (Wildman–Crippen MR) is 114 cm³/mol. The molecule has 4 rings (SSSR count). The van der Waals surface area contributed by atoms with Crippen molar-refractivity contribution < 1.29 is 13.9 Å². The molecule has 0 bridgehead atoms. The maximum atomic E-state index is 13.2. The molecule has 6 nitrogen and oxygen atoms in total. The van der Waals surface area contributed by atoms with Crippen LogP contribution in [0.3, 0.4) is 0 Å². The summed E-state index contributed by atoms with van der Waals surface area (Å²) in [7, 11) is 0. The van der Waals surface area contributed by atoms with E-state index in [9.17, 15) is 9.18 Å². The Balaban J connectivity index is 1.61. The Labute approximate surface area is 177 Å². The van der Waals surface area contributed by atoms with Gasteiger partial charge in [0.1, 0.15) is 22.6 Å². The quantitative estimate of drug-likeness (QED) is 0.479. The minimum absolute atomic E-state index is 0.298. The molecular weight excluding hydrogens is 407 g/mol. The van der Waals surface area contributed by atoms with E-state index in [1.165, 1.54) is 16.9 Å². The molecule has 0 aliphatic heterocycles. The van der Waals surface area contributed by atoms with Crippen molar-refractivity contribution in [3.8, 4) is 11.4 Å². The van der Waals surface area contributed by atoms with Crippen LogP contribution in [0.15, 0.2) is 54.6 Å². The summed E-state index contributed by atoms with van der Waals surface area (Å²) in [5, 5.41) is 12.1. The first-order valence-electron chi connectivity index (χ1n) is 9.32. The fourth-order valence-corrected chi connectivity index (χ4v) is 3.24. The van der Waals surface area contributed by atoms with E-state index in [1.54, 1.807) is 36.4 Å². The number of anilines is 1. The van der Waals surface area contributed by atoms with Gasteiger partial charge < -0.3 is 10.1 Å². The van der Waals surface area contributed by atoms with Crippen LogP contribution in [0, 0.1) is 12.7 Å². The lowest BCUT2D eigenvalue weighted by molar-refractivity contribution is 0.102. The summed E-state index contributed by atoms with van der Waals surface area (Å²) in [4.78, 5) is 14.1. The number of nitrogens with zero attached hydrogens (tertiary/aromatic N) is 3. The molecule has 1 aromatic heterocycles. The van der Waals surface area contributed by atoms with Crippen LogP contribution >= 0.6 is 11.6 Å². The average molecular weight is 425 g/mol. The highest BCUT2D eigenvalue weighted by Gasteiger charge is 2.13. The van der Waals surface area contributed by atoms with Gasteiger partial charge >= 0.3 is 0 Å². The van der Waals surface area contributed by atoms with E-state index in [4.69, 9.17) is 16.3 Å². The van der Waals surface area contributed by atoms with Crippen LogP contribution in [-0.2, 0) is 0 Å². The zero-order chi connectivity index (χ0) is 21.3. The van der Waals surface area contributed by atoms with E-state index < -0.39 is 0 Å². The van der Waals surface area contributed by atoms with Crippen LogP contribution in [0.4, 0.5) is 10.1 Å². The van der Waals surface area contributed by atoms with Gasteiger partial charge in [-0.3, -0.25) is 4.79 Å². The standard InChI is InChI=1S/C22H18ClFN4O2/c1-3-30-21-9-4-14(11-17(21)23)22(29)25-18-12-20-19(10-13(18)2)26-28(27-20)16-7-5-15(24)6-8-16/h4-12H,3H2,1-2H3,(H,25,29). The molecule has 1 heterocycles. The van der Waals surface area contributed by atoms with Crippen molar-refractivity contribution in [3.05, 3.63) is 76.6 Å². The summed E-state index contributed by atoms with van der Waals surface area (Å²) < 4.78 is 18.6. The van der Waals surface area contributed by atoms with Crippen LogP contribution in [0.25, 0.3) is 16.7 Å². The summed E-state index contributed by atoms with van der Waals surface area (Å²) in [5.74, 6) is -0.0928. The molecular formula is C22H18ClFN4O2. The Bertz CT molecular complexity index is 1240. The Morgan fingerprint density at radius 2 is 1.80 bits per heavy atom. The molecule has 4 aromatic rings. The van der Waals surface area contributed by atoms with E-state index in [0.29, 0.717) is 45.4 Å². The van der Waals surface area contributed by atoms with Gasteiger partial charge in [-0.15, -0.1) is 10.2 Å². The predicted octanol–water partition coefficient (Wildman–Crippen LogP) is 5.17. The number of aryl methyl sites for hydroxylation is 1. The first kappa shape index (κ1) is 19.8. The second kappa shape index (κ2) is 8.12. The number of amides is 1. The molecule has 1 amide bonds. The van der Waals surface area contributed by atoms with Gasteiger partial charge in [0, 0.05) is 11.3 Å². The Hall–Kier alpha value is -3.45. The van der Waals surface area contributed by atoms with Crippen molar-refractivity contribution in [2.24, 2.45) is 0 Å². The number of aromatic nitrogens is 3. The molecule has 8 heteroatoms. The monoisotopic (exact) mass is 424 g/mol. The number of carbonyl (C=O) groups is 1. The summed E-state index contributed by atoms with van der Waals surface area (Å²) in [6, 6.07) is 14.4. The topological polar surface area (TPSA) is 69.0 Å². The van der Waals surface area contributed by atoms with E-state index >= 15 is 0 Å². The molecule has 152 valence electrons. The molecule has 0 saturated carbocycles. The lowest BCUT2D eigenvalue weighted by Gasteiger charge is -2.10. The number of halogens is 2. The number of rotatable bonds is 5. The highest BCUT2D eigenvalue weighted by molar-refractivity contribution is 6.32. The van der Waals surface area contributed by atoms with Crippen LogP contribution in [-0.4, -0.2) is 27.5 Å². The summed E-state index contributed by atoms with van der Waals surface area (Å²) in [6.07, 6.45) is 0.